The topological polar surface area (TPSA) is 62.2 Å². The van der Waals surface area contributed by atoms with Crippen LogP contribution in [0.15, 0.2) is 15.8 Å². The Morgan fingerprint density at radius 2 is 1.88 bits per heavy atom. The molecule has 2 rings (SSSR count). The van der Waals surface area contributed by atoms with Crippen LogP contribution in [-0.4, -0.2) is 29.5 Å². The standard InChI is InChI=1S/C17H27N5S2/c1-11(2)14-10-23-15(22-14)8-20-17(18-5)19-7-6-13-9-24-16(21-13)12(3)4/h9-12H,6-8H2,1-5H3,(H2,18,19,20). The Morgan fingerprint density at radius 3 is 2.46 bits per heavy atom. The van der Waals surface area contributed by atoms with E-state index in [1.54, 1.807) is 29.7 Å². The summed E-state index contributed by atoms with van der Waals surface area (Å²) in [5.41, 5.74) is 2.30. The van der Waals surface area contributed by atoms with Crippen molar-refractivity contribution in [2.24, 2.45) is 4.99 Å². The molecule has 0 aliphatic heterocycles. The molecule has 0 aliphatic rings. The third-order valence-corrected chi connectivity index (χ3v) is 5.59. The highest BCUT2D eigenvalue weighted by Crippen LogP contribution is 2.19. The van der Waals surface area contributed by atoms with Crippen LogP contribution < -0.4 is 10.6 Å². The van der Waals surface area contributed by atoms with E-state index in [0.717, 1.165) is 35.3 Å². The van der Waals surface area contributed by atoms with Gasteiger partial charge in [-0.3, -0.25) is 4.99 Å². The molecule has 7 heteroatoms. The highest BCUT2D eigenvalue weighted by Gasteiger charge is 2.08. The Balaban J connectivity index is 1.75. The van der Waals surface area contributed by atoms with Gasteiger partial charge in [-0.05, 0) is 5.92 Å². The van der Waals surface area contributed by atoms with Crippen LogP contribution >= 0.6 is 22.7 Å². The molecule has 0 saturated heterocycles. The van der Waals surface area contributed by atoms with Gasteiger partial charge in [-0.2, -0.15) is 0 Å². The number of nitrogens with zero attached hydrogens (tertiary/aromatic N) is 3. The first-order chi connectivity index (χ1) is 11.5. The van der Waals surface area contributed by atoms with Crippen molar-refractivity contribution in [2.75, 3.05) is 13.6 Å². The van der Waals surface area contributed by atoms with Gasteiger partial charge in [0.2, 0.25) is 0 Å². The number of aromatic nitrogens is 2. The summed E-state index contributed by atoms with van der Waals surface area (Å²) in [4.78, 5) is 13.5. The molecule has 2 aromatic heterocycles. The maximum atomic E-state index is 4.66. The number of rotatable bonds is 7. The predicted molar refractivity (Wildman–Crippen MR) is 104 cm³/mol. The van der Waals surface area contributed by atoms with Gasteiger partial charge < -0.3 is 10.6 Å². The fourth-order valence-corrected chi connectivity index (χ4v) is 3.83. The van der Waals surface area contributed by atoms with E-state index in [1.165, 1.54) is 5.01 Å². The number of thiazole rings is 2. The number of guanidine groups is 1. The first kappa shape index (κ1) is 18.9. The molecular weight excluding hydrogens is 338 g/mol. The summed E-state index contributed by atoms with van der Waals surface area (Å²) >= 11 is 3.43. The van der Waals surface area contributed by atoms with Gasteiger partial charge in [0.1, 0.15) is 5.01 Å². The molecule has 0 spiro atoms. The Hall–Kier alpha value is -1.47. The van der Waals surface area contributed by atoms with Gasteiger partial charge in [-0.1, -0.05) is 27.7 Å². The van der Waals surface area contributed by atoms with Gasteiger partial charge in [-0.25, -0.2) is 9.97 Å². The molecule has 24 heavy (non-hydrogen) atoms. The third-order valence-electron chi connectivity index (χ3n) is 3.53. The molecule has 0 aliphatic carbocycles. The van der Waals surface area contributed by atoms with E-state index >= 15 is 0 Å². The predicted octanol–water partition coefficient (Wildman–Crippen LogP) is 3.75. The van der Waals surface area contributed by atoms with Gasteiger partial charge >= 0.3 is 0 Å². The van der Waals surface area contributed by atoms with Crippen molar-refractivity contribution in [3.05, 3.63) is 32.2 Å². The van der Waals surface area contributed by atoms with Gasteiger partial charge in [-0.15, -0.1) is 22.7 Å². The average Bonchev–Trinajstić information content (AvgIpc) is 3.20. The lowest BCUT2D eigenvalue weighted by molar-refractivity contribution is 0.768. The largest absolute Gasteiger partial charge is 0.356 e. The number of nitrogens with one attached hydrogen (secondary N) is 2. The van der Waals surface area contributed by atoms with Crippen LogP contribution in [0.5, 0.6) is 0 Å². The molecular formula is C17H27N5S2. The number of hydrogen-bond donors (Lipinski definition) is 2. The van der Waals surface area contributed by atoms with E-state index < -0.39 is 0 Å². The van der Waals surface area contributed by atoms with Crippen LogP contribution in [0.1, 0.15) is 60.9 Å². The maximum absolute atomic E-state index is 4.66. The summed E-state index contributed by atoms with van der Waals surface area (Å²) in [6.07, 6.45) is 0.901. The Bertz CT molecular complexity index is 657. The van der Waals surface area contributed by atoms with Crippen LogP contribution in [0.4, 0.5) is 0 Å². The highest BCUT2D eigenvalue weighted by atomic mass is 32.1. The molecule has 0 saturated carbocycles. The second-order valence-corrected chi connectivity index (χ2v) is 8.09. The average molecular weight is 366 g/mol. The van der Waals surface area contributed by atoms with Crippen molar-refractivity contribution in [3.63, 3.8) is 0 Å². The van der Waals surface area contributed by atoms with Crippen molar-refractivity contribution < 1.29 is 0 Å². The maximum Gasteiger partial charge on any atom is 0.191 e. The van der Waals surface area contributed by atoms with Crippen LogP contribution in [0.25, 0.3) is 0 Å². The van der Waals surface area contributed by atoms with Crippen LogP contribution in [0.2, 0.25) is 0 Å². The molecule has 2 heterocycles. The molecule has 0 atom stereocenters. The first-order valence-electron chi connectivity index (χ1n) is 8.32. The number of aliphatic imine (C=N–C) groups is 1. The number of hydrogen-bond acceptors (Lipinski definition) is 5. The lowest BCUT2D eigenvalue weighted by Gasteiger charge is -2.10. The minimum Gasteiger partial charge on any atom is -0.356 e. The van der Waals surface area contributed by atoms with Crippen LogP contribution in [0.3, 0.4) is 0 Å². The first-order valence-corrected chi connectivity index (χ1v) is 10.1. The Labute approximate surface area is 152 Å². The Kier molecular flexibility index (Phi) is 7.17. The van der Waals surface area contributed by atoms with E-state index in [1.807, 2.05) is 0 Å². The summed E-state index contributed by atoms with van der Waals surface area (Å²) in [5.74, 6) is 1.78. The normalized spacial score (nSPS) is 12.2. The molecule has 132 valence electrons. The van der Waals surface area contributed by atoms with Gasteiger partial charge in [0.15, 0.2) is 5.96 Å². The van der Waals surface area contributed by atoms with Crippen molar-refractivity contribution in [2.45, 2.75) is 52.5 Å². The zero-order chi connectivity index (χ0) is 17.5. The van der Waals surface area contributed by atoms with E-state index in [9.17, 15) is 0 Å². The van der Waals surface area contributed by atoms with E-state index in [4.69, 9.17) is 0 Å². The van der Waals surface area contributed by atoms with Crippen LogP contribution in [0, 0.1) is 0 Å². The molecule has 0 fully saturated rings. The van der Waals surface area contributed by atoms with Crippen molar-refractivity contribution in [1.29, 1.82) is 0 Å². The zero-order valence-corrected chi connectivity index (χ0v) is 16.7. The highest BCUT2D eigenvalue weighted by molar-refractivity contribution is 7.10. The lowest BCUT2D eigenvalue weighted by Crippen LogP contribution is -2.37. The molecule has 5 nitrogen and oxygen atoms in total. The smallest absolute Gasteiger partial charge is 0.191 e. The molecule has 0 bridgehead atoms. The molecule has 2 N–H and O–H groups in total. The van der Waals surface area contributed by atoms with E-state index in [-0.39, 0.29) is 0 Å². The quantitative estimate of drug-likeness (QED) is 0.579. The van der Waals surface area contributed by atoms with E-state index in [2.05, 4.69) is 64.0 Å². The Morgan fingerprint density at radius 1 is 1.08 bits per heavy atom. The minimum atomic E-state index is 0.473. The molecule has 0 amide bonds. The van der Waals surface area contributed by atoms with Gasteiger partial charge in [0.05, 0.1) is 22.9 Å². The summed E-state index contributed by atoms with van der Waals surface area (Å²) in [5, 5.41) is 13.2. The summed E-state index contributed by atoms with van der Waals surface area (Å²) in [6, 6.07) is 0. The minimum absolute atomic E-state index is 0.473. The third kappa shape index (κ3) is 5.56. The van der Waals surface area contributed by atoms with Crippen molar-refractivity contribution in [1.82, 2.24) is 20.6 Å². The SMILES string of the molecule is CN=C(NCCc1csc(C(C)C)n1)NCc1nc(C(C)C)cs1. The molecule has 0 radical (unpaired) electrons. The second-order valence-electron chi connectivity index (χ2n) is 6.26. The summed E-state index contributed by atoms with van der Waals surface area (Å²) < 4.78 is 0. The fraction of sp³-hybridized carbons (Fsp3) is 0.588. The lowest BCUT2D eigenvalue weighted by atomic mass is 10.2. The van der Waals surface area contributed by atoms with Crippen molar-refractivity contribution >= 4 is 28.6 Å². The van der Waals surface area contributed by atoms with Crippen molar-refractivity contribution in [3.8, 4) is 0 Å². The summed E-state index contributed by atoms with van der Waals surface area (Å²) in [7, 11) is 1.79. The van der Waals surface area contributed by atoms with E-state index in [0.29, 0.717) is 18.4 Å². The molecule has 0 unspecified atom stereocenters. The monoisotopic (exact) mass is 365 g/mol. The second kappa shape index (κ2) is 9.13. The summed E-state index contributed by atoms with van der Waals surface area (Å²) in [6.45, 7) is 10.2. The molecule has 0 aromatic carbocycles. The van der Waals surface area contributed by atoms with Gasteiger partial charge in [0, 0.05) is 36.7 Å². The van der Waals surface area contributed by atoms with Gasteiger partial charge in [0.25, 0.3) is 0 Å². The molecule has 2 aromatic rings. The van der Waals surface area contributed by atoms with Crippen LogP contribution in [-0.2, 0) is 13.0 Å². The zero-order valence-electron chi connectivity index (χ0n) is 15.1. The fourth-order valence-electron chi connectivity index (χ4n) is 2.06.